The molecule has 110 valence electrons. The van der Waals surface area contributed by atoms with Crippen LogP contribution in [0.1, 0.15) is 24.2 Å². The summed E-state index contributed by atoms with van der Waals surface area (Å²) in [5.74, 6) is -2.01. The monoisotopic (exact) mass is 363 g/mol. The molecule has 1 aromatic carbocycles. The van der Waals surface area contributed by atoms with Crippen LogP contribution in [0.2, 0.25) is 0 Å². The first-order chi connectivity index (χ1) is 8.96. The van der Waals surface area contributed by atoms with Crippen molar-refractivity contribution >= 4 is 43.3 Å². The zero-order valence-electron chi connectivity index (χ0n) is 11.1. The Morgan fingerprint density at radius 2 is 1.85 bits per heavy atom. The Hall–Kier alpha value is -1.41. The van der Waals surface area contributed by atoms with Crippen LogP contribution >= 0.6 is 15.9 Å². The van der Waals surface area contributed by atoms with Crippen LogP contribution in [0.3, 0.4) is 0 Å². The Kier molecular flexibility index (Phi) is 4.60. The minimum absolute atomic E-state index is 0.0439. The van der Waals surface area contributed by atoms with Gasteiger partial charge in [-0.3, -0.25) is 4.79 Å². The van der Waals surface area contributed by atoms with E-state index in [0.29, 0.717) is 4.47 Å². The molecule has 8 heteroatoms. The highest BCUT2D eigenvalue weighted by Gasteiger charge is 2.38. The molecule has 1 aromatic rings. The molecular weight excluding hydrogens is 350 g/mol. The molecule has 1 rings (SSSR count). The quantitative estimate of drug-likeness (QED) is 0.850. The van der Waals surface area contributed by atoms with Gasteiger partial charge in [-0.2, -0.15) is 0 Å². The summed E-state index contributed by atoms with van der Waals surface area (Å²) in [4.78, 5) is 23.2. The van der Waals surface area contributed by atoms with Crippen molar-refractivity contribution in [1.29, 1.82) is 0 Å². The fourth-order valence-corrected chi connectivity index (χ4v) is 1.99. The van der Waals surface area contributed by atoms with Crippen LogP contribution in [-0.2, 0) is 14.6 Å². The van der Waals surface area contributed by atoms with E-state index in [1.807, 2.05) is 0 Å². The SMILES string of the molecule is CC(C)(C(=O)Nc1ccc(Br)cc1C(=O)O)S(C)(=O)=O. The lowest BCUT2D eigenvalue weighted by Gasteiger charge is -2.22. The molecule has 0 aromatic heterocycles. The third kappa shape index (κ3) is 3.37. The van der Waals surface area contributed by atoms with Crippen LogP contribution < -0.4 is 5.32 Å². The highest BCUT2D eigenvalue weighted by Crippen LogP contribution is 2.24. The van der Waals surface area contributed by atoms with Crippen molar-refractivity contribution in [3.05, 3.63) is 28.2 Å². The molecule has 0 fully saturated rings. The summed E-state index contributed by atoms with van der Waals surface area (Å²) in [7, 11) is -3.63. The Balaban J connectivity index is 3.18. The van der Waals surface area contributed by atoms with E-state index >= 15 is 0 Å². The number of halogens is 1. The van der Waals surface area contributed by atoms with Crippen LogP contribution in [0.25, 0.3) is 0 Å². The topological polar surface area (TPSA) is 101 Å². The Morgan fingerprint density at radius 1 is 1.30 bits per heavy atom. The van der Waals surface area contributed by atoms with Crippen LogP contribution in [0.5, 0.6) is 0 Å². The number of carboxylic acid groups (broad SMARTS) is 1. The molecule has 0 heterocycles. The minimum Gasteiger partial charge on any atom is -0.478 e. The van der Waals surface area contributed by atoms with Gasteiger partial charge >= 0.3 is 5.97 Å². The number of rotatable bonds is 4. The molecule has 0 bridgehead atoms. The summed E-state index contributed by atoms with van der Waals surface area (Å²) < 4.78 is 22.0. The van der Waals surface area contributed by atoms with Gasteiger partial charge < -0.3 is 10.4 Å². The predicted molar refractivity (Wildman–Crippen MR) is 78.7 cm³/mol. The average molecular weight is 364 g/mol. The van der Waals surface area contributed by atoms with E-state index in [0.717, 1.165) is 6.26 Å². The zero-order valence-corrected chi connectivity index (χ0v) is 13.5. The Morgan fingerprint density at radius 3 is 2.30 bits per heavy atom. The van der Waals surface area contributed by atoms with Crippen molar-refractivity contribution in [2.45, 2.75) is 18.6 Å². The van der Waals surface area contributed by atoms with Crippen molar-refractivity contribution in [2.24, 2.45) is 0 Å². The maximum absolute atomic E-state index is 12.0. The van der Waals surface area contributed by atoms with E-state index in [2.05, 4.69) is 21.2 Å². The molecule has 0 saturated carbocycles. The highest BCUT2D eigenvalue weighted by atomic mass is 79.9. The van der Waals surface area contributed by atoms with Crippen molar-refractivity contribution < 1.29 is 23.1 Å². The summed E-state index contributed by atoms with van der Waals surface area (Å²) in [6, 6.07) is 4.27. The lowest BCUT2D eigenvalue weighted by molar-refractivity contribution is -0.117. The van der Waals surface area contributed by atoms with Gasteiger partial charge in [-0.15, -0.1) is 0 Å². The van der Waals surface area contributed by atoms with E-state index < -0.39 is 26.5 Å². The van der Waals surface area contributed by atoms with Crippen LogP contribution in [0, 0.1) is 0 Å². The molecule has 0 saturated heterocycles. The number of carboxylic acids is 1. The smallest absolute Gasteiger partial charge is 0.337 e. The van der Waals surface area contributed by atoms with Crippen molar-refractivity contribution in [3.63, 3.8) is 0 Å². The van der Waals surface area contributed by atoms with E-state index in [-0.39, 0.29) is 11.3 Å². The zero-order chi connectivity index (χ0) is 15.7. The number of hydrogen-bond acceptors (Lipinski definition) is 4. The van der Waals surface area contributed by atoms with E-state index in [9.17, 15) is 18.0 Å². The number of aromatic carboxylic acids is 1. The molecule has 0 radical (unpaired) electrons. The lowest BCUT2D eigenvalue weighted by atomic mass is 10.1. The molecule has 0 unspecified atom stereocenters. The fourth-order valence-electron chi connectivity index (χ4n) is 1.24. The van der Waals surface area contributed by atoms with Gasteiger partial charge in [0, 0.05) is 10.7 Å². The van der Waals surface area contributed by atoms with Crippen molar-refractivity contribution in [1.82, 2.24) is 0 Å². The van der Waals surface area contributed by atoms with Crippen molar-refractivity contribution in [2.75, 3.05) is 11.6 Å². The van der Waals surface area contributed by atoms with Gasteiger partial charge in [-0.25, -0.2) is 13.2 Å². The number of benzene rings is 1. The minimum atomic E-state index is -3.63. The largest absolute Gasteiger partial charge is 0.478 e. The maximum Gasteiger partial charge on any atom is 0.337 e. The molecular formula is C12H14BrNO5S. The molecule has 6 nitrogen and oxygen atoms in total. The van der Waals surface area contributed by atoms with Gasteiger partial charge in [0.15, 0.2) is 9.84 Å². The standard InChI is InChI=1S/C12H14BrNO5S/c1-12(2,20(3,18)19)11(17)14-9-5-4-7(13)6-8(9)10(15)16/h4-6H,1-3H3,(H,14,17)(H,15,16). The molecule has 0 spiro atoms. The van der Waals surface area contributed by atoms with Gasteiger partial charge in [0.25, 0.3) is 0 Å². The predicted octanol–water partition coefficient (Wildman–Crippen LogP) is 1.91. The fraction of sp³-hybridized carbons (Fsp3) is 0.333. The summed E-state index contributed by atoms with van der Waals surface area (Å²) in [6.45, 7) is 2.52. The molecule has 0 aliphatic heterocycles. The average Bonchev–Trinajstić information content (AvgIpc) is 2.29. The normalized spacial score (nSPS) is 12.0. The van der Waals surface area contributed by atoms with E-state index in [1.165, 1.54) is 26.0 Å². The number of sulfone groups is 1. The third-order valence-electron chi connectivity index (χ3n) is 2.93. The molecule has 0 aliphatic rings. The van der Waals surface area contributed by atoms with Gasteiger partial charge in [-0.1, -0.05) is 15.9 Å². The second-order valence-corrected chi connectivity index (χ2v) is 8.21. The second kappa shape index (κ2) is 5.53. The molecule has 1 amide bonds. The first kappa shape index (κ1) is 16.6. The number of carbonyl (C=O) groups is 2. The number of amides is 1. The van der Waals surface area contributed by atoms with E-state index in [1.54, 1.807) is 6.07 Å². The summed E-state index contributed by atoms with van der Waals surface area (Å²) in [5.41, 5.74) is -0.0838. The van der Waals surface area contributed by atoms with Crippen LogP contribution in [-0.4, -0.2) is 36.4 Å². The summed E-state index contributed by atoms with van der Waals surface area (Å²) >= 11 is 3.13. The summed E-state index contributed by atoms with van der Waals surface area (Å²) in [5, 5.41) is 11.4. The summed E-state index contributed by atoms with van der Waals surface area (Å²) in [6.07, 6.45) is 0.951. The second-order valence-electron chi connectivity index (χ2n) is 4.73. The molecule has 0 atom stereocenters. The van der Waals surface area contributed by atoms with Gasteiger partial charge in [0.2, 0.25) is 5.91 Å². The molecule has 2 N–H and O–H groups in total. The van der Waals surface area contributed by atoms with Gasteiger partial charge in [0.05, 0.1) is 11.3 Å². The van der Waals surface area contributed by atoms with Gasteiger partial charge in [0.1, 0.15) is 4.75 Å². The number of hydrogen-bond donors (Lipinski definition) is 2. The third-order valence-corrected chi connectivity index (χ3v) is 5.47. The highest BCUT2D eigenvalue weighted by molar-refractivity contribution is 9.10. The number of anilines is 1. The maximum atomic E-state index is 12.0. The molecule has 20 heavy (non-hydrogen) atoms. The number of carbonyl (C=O) groups excluding carboxylic acids is 1. The van der Waals surface area contributed by atoms with Gasteiger partial charge in [-0.05, 0) is 32.0 Å². The van der Waals surface area contributed by atoms with Crippen molar-refractivity contribution in [3.8, 4) is 0 Å². The lowest BCUT2D eigenvalue weighted by Crippen LogP contribution is -2.44. The number of nitrogens with one attached hydrogen (secondary N) is 1. The van der Waals surface area contributed by atoms with Crippen LogP contribution in [0.4, 0.5) is 5.69 Å². The van der Waals surface area contributed by atoms with Crippen LogP contribution in [0.15, 0.2) is 22.7 Å². The molecule has 0 aliphatic carbocycles. The Bertz CT molecular complexity index is 666. The first-order valence-electron chi connectivity index (χ1n) is 5.50. The Labute approximate surface area is 125 Å². The van der Waals surface area contributed by atoms with E-state index in [4.69, 9.17) is 5.11 Å². The first-order valence-corrected chi connectivity index (χ1v) is 8.19.